The van der Waals surface area contributed by atoms with Crippen LogP contribution in [0.4, 0.5) is 5.69 Å². The van der Waals surface area contributed by atoms with Crippen molar-refractivity contribution in [1.82, 2.24) is 0 Å². The van der Waals surface area contributed by atoms with Crippen LogP contribution in [0.3, 0.4) is 0 Å². The van der Waals surface area contributed by atoms with Gasteiger partial charge < -0.3 is 9.47 Å². The molecule has 0 atom stereocenters. The summed E-state index contributed by atoms with van der Waals surface area (Å²) in [4.78, 5) is 14.7. The summed E-state index contributed by atoms with van der Waals surface area (Å²) in [7, 11) is 1.58. The van der Waals surface area contributed by atoms with E-state index in [9.17, 15) is 4.79 Å². The molecule has 0 unspecified atom stereocenters. The first-order chi connectivity index (χ1) is 11.1. The zero-order valence-corrected chi connectivity index (χ0v) is 15.6. The summed E-state index contributed by atoms with van der Waals surface area (Å²) in [5, 5.41) is 0. The van der Waals surface area contributed by atoms with Gasteiger partial charge in [-0.15, -0.1) is 23.5 Å². The summed E-state index contributed by atoms with van der Waals surface area (Å²) in [6.07, 6.45) is 0. The first-order valence-electron chi connectivity index (χ1n) is 7.63. The van der Waals surface area contributed by atoms with Crippen LogP contribution in [0.2, 0.25) is 0 Å². The molecule has 0 N–H and O–H groups in total. The Morgan fingerprint density at radius 1 is 1.17 bits per heavy atom. The molecule has 0 aromatic heterocycles. The molecule has 23 heavy (non-hydrogen) atoms. The van der Waals surface area contributed by atoms with Crippen molar-refractivity contribution in [2.75, 3.05) is 30.3 Å². The predicted molar refractivity (Wildman–Crippen MR) is 98.6 cm³/mol. The molecule has 1 heterocycles. The van der Waals surface area contributed by atoms with Crippen molar-refractivity contribution in [3.05, 3.63) is 41.7 Å². The topological polar surface area (TPSA) is 38.8 Å². The number of hydrogen-bond acceptors (Lipinski definition) is 5. The molecule has 0 saturated carbocycles. The van der Waals surface area contributed by atoms with Gasteiger partial charge in [-0.25, -0.2) is 0 Å². The largest absolute Gasteiger partial charge is 0.472 e. The number of anilines is 1. The zero-order valence-electron chi connectivity index (χ0n) is 14.0. The third-order valence-corrected chi connectivity index (χ3v) is 6.31. The summed E-state index contributed by atoms with van der Waals surface area (Å²) in [6, 6.07) is 9.81. The molecular weight excluding hydrogens is 330 g/mol. The van der Waals surface area contributed by atoms with Gasteiger partial charge in [0.15, 0.2) is 11.0 Å². The minimum atomic E-state index is -0.431. The Balaban J connectivity index is 2.46. The standard InChI is InChI=1S/C17H23NO3S2/c1-5-22-17(23-6-2)15(13(3)21-12-20-4)16(19)18(17)14-10-8-7-9-11-14/h7-11H,5-6,12H2,1-4H3/b15-13-. The minimum Gasteiger partial charge on any atom is -0.472 e. The summed E-state index contributed by atoms with van der Waals surface area (Å²) in [5.74, 6) is 2.47. The van der Waals surface area contributed by atoms with Crippen LogP contribution in [0.1, 0.15) is 20.8 Å². The molecule has 2 rings (SSSR count). The molecule has 6 heteroatoms. The highest BCUT2D eigenvalue weighted by atomic mass is 32.2. The Morgan fingerprint density at radius 2 is 1.78 bits per heavy atom. The molecule has 0 aliphatic carbocycles. The molecule has 1 amide bonds. The summed E-state index contributed by atoms with van der Waals surface area (Å²) in [5.41, 5.74) is 1.65. The molecule has 1 aliphatic rings. The average molecular weight is 354 g/mol. The van der Waals surface area contributed by atoms with Crippen molar-refractivity contribution >= 4 is 35.1 Å². The fourth-order valence-electron chi connectivity index (χ4n) is 2.60. The van der Waals surface area contributed by atoms with Crippen molar-refractivity contribution in [2.45, 2.75) is 25.0 Å². The molecular formula is C17H23NO3S2. The normalized spacial score (nSPS) is 18.6. The van der Waals surface area contributed by atoms with E-state index in [-0.39, 0.29) is 12.7 Å². The lowest BCUT2D eigenvalue weighted by atomic mass is 10.0. The van der Waals surface area contributed by atoms with Gasteiger partial charge >= 0.3 is 0 Å². The van der Waals surface area contributed by atoms with Crippen LogP contribution in [0.15, 0.2) is 41.7 Å². The van der Waals surface area contributed by atoms with Crippen LogP contribution in [0.5, 0.6) is 0 Å². The van der Waals surface area contributed by atoms with Gasteiger partial charge in [0.1, 0.15) is 11.3 Å². The highest BCUT2D eigenvalue weighted by molar-refractivity contribution is 8.19. The quantitative estimate of drug-likeness (QED) is 0.305. The van der Waals surface area contributed by atoms with Gasteiger partial charge in [0.05, 0.1) is 0 Å². The lowest BCUT2D eigenvalue weighted by Gasteiger charge is -2.52. The van der Waals surface area contributed by atoms with E-state index in [0.717, 1.165) is 22.8 Å². The van der Waals surface area contributed by atoms with Gasteiger partial charge in [0.25, 0.3) is 5.91 Å². The third-order valence-electron chi connectivity index (χ3n) is 3.47. The van der Waals surface area contributed by atoms with E-state index in [4.69, 9.17) is 9.47 Å². The Hall–Kier alpha value is -1.11. The smallest absolute Gasteiger partial charge is 0.263 e. The number of hydrogen-bond donors (Lipinski definition) is 0. The van der Waals surface area contributed by atoms with E-state index in [2.05, 4.69) is 13.8 Å². The Kier molecular flexibility index (Phi) is 6.44. The Labute approximate surface area is 146 Å². The Morgan fingerprint density at radius 3 is 2.30 bits per heavy atom. The number of allylic oxidation sites excluding steroid dienone is 1. The molecule has 1 aliphatic heterocycles. The van der Waals surface area contributed by atoms with Gasteiger partial charge in [0.2, 0.25) is 0 Å². The van der Waals surface area contributed by atoms with Crippen molar-refractivity contribution < 1.29 is 14.3 Å². The fraction of sp³-hybridized carbons (Fsp3) is 0.471. The van der Waals surface area contributed by atoms with Gasteiger partial charge in [0, 0.05) is 12.8 Å². The van der Waals surface area contributed by atoms with Crippen LogP contribution in [-0.4, -0.2) is 35.5 Å². The van der Waals surface area contributed by atoms with Crippen molar-refractivity contribution in [3.8, 4) is 0 Å². The highest BCUT2D eigenvalue weighted by Crippen LogP contribution is 2.56. The van der Waals surface area contributed by atoms with Crippen molar-refractivity contribution in [2.24, 2.45) is 0 Å². The Bertz CT molecular complexity index is 568. The summed E-state index contributed by atoms with van der Waals surface area (Å²) < 4.78 is 10.1. The molecule has 0 radical (unpaired) electrons. The fourth-order valence-corrected chi connectivity index (χ4v) is 5.81. The minimum absolute atomic E-state index is 0.00621. The summed E-state index contributed by atoms with van der Waals surface area (Å²) >= 11 is 3.51. The molecule has 1 saturated heterocycles. The number of nitrogens with zero attached hydrogens (tertiary/aromatic N) is 1. The second-order valence-corrected chi connectivity index (χ2v) is 8.08. The van der Waals surface area contributed by atoms with Crippen LogP contribution >= 0.6 is 23.5 Å². The van der Waals surface area contributed by atoms with Crippen LogP contribution in [0, 0.1) is 0 Å². The number of para-hydroxylation sites is 1. The molecule has 0 spiro atoms. The first-order valence-corrected chi connectivity index (χ1v) is 9.60. The van der Waals surface area contributed by atoms with Crippen LogP contribution in [-0.2, 0) is 14.3 Å². The number of thioether (sulfide) groups is 2. The molecule has 126 valence electrons. The molecule has 1 aromatic rings. The molecule has 0 bridgehead atoms. The number of benzene rings is 1. The van der Waals surface area contributed by atoms with E-state index in [1.165, 1.54) is 0 Å². The summed E-state index contributed by atoms with van der Waals surface area (Å²) in [6.45, 7) is 6.21. The molecule has 1 aromatic carbocycles. The maximum atomic E-state index is 12.9. The maximum absolute atomic E-state index is 12.9. The molecule has 1 fully saturated rings. The van der Waals surface area contributed by atoms with Crippen molar-refractivity contribution in [1.29, 1.82) is 0 Å². The average Bonchev–Trinajstić information content (AvgIpc) is 2.54. The van der Waals surface area contributed by atoms with E-state index in [1.807, 2.05) is 42.2 Å². The van der Waals surface area contributed by atoms with Gasteiger partial charge in [-0.3, -0.25) is 9.69 Å². The monoisotopic (exact) mass is 353 g/mol. The molecule has 4 nitrogen and oxygen atoms in total. The second-order valence-electron chi connectivity index (χ2n) is 4.91. The number of ether oxygens (including phenoxy) is 2. The number of carbonyl (C=O) groups is 1. The second kappa shape index (κ2) is 8.13. The third kappa shape index (κ3) is 3.39. The maximum Gasteiger partial charge on any atom is 0.263 e. The number of amides is 1. The lowest BCUT2D eigenvalue weighted by molar-refractivity contribution is -0.118. The van der Waals surface area contributed by atoms with Gasteiger partial charge in [-0.05, 0) is 30.6 Å². The zero-order chi connectivity index (χ0) is 16.9. The van der Waals surface area contributed by atoms with Crippen LogP contribution in [0.25, 0.3) is 0 Å². The van der Waals surface area contributed by atoms with Gasteiger partial charge in [-0.2, -0.15) is 0 Å². The number of β-lactam (4-membered cyclic amide) rings is 1. The van der Waals surface area contributed by atoms with Crippen molar-refractivity contribution in [3.63, 3.8) is 0 Å². The van der Waals surface area contributed by atoms with E-state index in [0.29, 0.717) is 5.76 Å². The highest BCUT2D eigenvalue weighted by Gasteiger charge is 2.59. The van der Waals surface area contributed by atoms with E-state index >= 15 is 0 Å². The van der Waals surface area contributed by atoms with Crippen LogP contribution < -0.4 is 4.90 Å². The first kappa shape index (κ1) is 18.2. The predicted octanol–water partition coefficient (Wildman–Crippen LogP) is 4.09. The number of methoxy groups -OCH3 is 1. The van der Waals surface area contributed by atoms with E-state index < -0.39 is 4.20 Å². The number of carbonyl (C=O) groups excluding carboxylic acids is 1. The number of rotatable bonds is 8. The van der Waals surface area contributed by atoms with E-state index in [1.54, 1.807) is 30.6 Å². The lowest BCUT2D eigenvalue weighted by Crippen LogP contribution is -2.63. The van der Waals surface area contributed by atoms with Gasteiger partial charge in [-0.1, -0.05) is 32.0 Å². The SMILES string of the molecule is CCSC1(SCC)/C(=C(/C)OCOC)C(=O)N1c1ccccc1.